The van der Waals surface area contributed by atoms with Gasteiger partial charge in [-0.25, -0.2) is 0 Å². The summed E-state index contributed by atoms with van der Waals surface area (Å²) in [5.41, 5.74) is 14.8. The second-order valence-corrected chi connectivity index (χ2v) is 11.1. The zero-order valence-corrected chi connectivity index (χ0v) is 22.9. The van der Waals surface area contributed by atoms with Gasteiger partial charge in [0.25, 0.3) is 0 Å². The average molecular weight is 514 g/mol. The molecule has 0 aliphatic heterocycles. The van der Waals surface area contributed by atoms with Gasteiger partial charge in [0.2, 0.25) is 0 Å². The van der Waals surface area contributed by atoms with Gasteiger partial charge >= 0.3 is 0 Å². The summed E-state index contributed by atoms with van der Waals surface area (Å²) >= 11 is 0. The first-order valence-corrected chi connectivity index (χ1v) is 14.0. The molecule has 0 aromatic heterocycles. The minimum atomic E-state index is -0.0956. The van der Waals surface area contributed by atoms with Crippen molar-refractivity contribution < 1.29 is 0 Å². The lowest BCUT2D eigenvalue weighted by atomic mass is 9.81. The molecule has 0 saturated carbocycles. The van der Waals surface area contributed by atoms with Crippen molar-refractivity contribution in [3.8, 4) is 44.5 Å². The maximum Gasteiger partial charge on any atom is 0.0464 e. The Morgan fingerprint density at radius 2 is 1.00 bits per heavy atom. The number of hydrogen-bond acceptors (Lipinski definition) is 1. The zero-order valence-electron chi connectivity index (χ0n) is 22.9. The number of nitrogens with one attached hydrogen (secondary N) is 1. The molecular weight excluding hydrogens is 482 g/mol. The Morgan fingerprint density at radius 3 is 1.75 bits per heavy atom. The van der Waals surface area contributed by atoms with Crippen molar-refractivity contribution in [3.63, 3.8) is 0 Å². The molecule has 1 heteroatoms. The van der Waals surface area contributed by atoms with E-state index in [0.29, 0.717) is 0 Å². The van der Waals surface area contributed by atoms with Crippen LogP contribution in [0.2, 0.25) is 0 Å². The summed E-state index contributed by atoms with van der Waals surface area (Å²) in [6.45, 7) is 4.68. The molecule has 0 heterocycles. The fraction of sp³-hybridized carbons (Fsp3) is 0.0769. The van der Waals surface area contributed by atoms with Crippen LogP contribution in [0.15, 0.2) is 146 Å². The smallest absolute Gasteiger partial charge is 0.0464 e. The lowest BCUT2D eigenvalue weighted by molar-refractivity contribution is 0.662. The highest BCUT2D eigenvalue weighted by Crippen LogP contribution is 2.52. The molecule has 1 aliphatic rings. The van der Waals surface area contributed by atoms with E-state index in [9.17, 15) is 0 Å². The van der Waals surface area contributed by atoms with Crippen LogP contribution >= 0.6 is 0 Å². The van der Waals surface area contributed by atoms with Crippen molar-refractivity contribution in [2.24, 2.45) is 0 Å². The Morgan fingerprint density at radius 1 is 0.400 bits per heavy atom. The molecule has 0 amide bonds. The Kier molecular flexibility index (Phi) is 5.86. The van der Waals surface area contributed by atoms with E-state index in [2.05, 4.69) is 165 Å². The Bertz CT molecular complexity index is 1830. The van der Waals surface area contributed by atoms with Gasteiger partial charge in [-0.3, -0.25) is 0 Å². The average Bonchev–Trinajstić information content (AvgIpc) is 3.25. The van der Waals surface area contributed by atoms with Crippen molar-refractivity contribution in [2.75, 3.05) is 5.32 Å². The van der Waals surface area contributed by atoms with Gasteiger partial charge < -0.3 is 5.32 Å². The van der Waals surface area contributed by atoms with Crippen molar-refractivity contribution >= 4 is 11.4 Å². The highest BCUT2D eigenvalue weighted by molar-refractivity contribution is 5.94. The summed E-state index contributed by atoms with van der Waals surface area (Å²) in [5, 5.41) is 3.92. The van der Waals surface area contributed by atoms with Crippen LogP contribution in [0.1, 0.15) is 25.0 Å². The molecule has 0 unspecified atom stereocenters. The Hall–Kier alpha value is -4.88. The summed E-state index contributed by atoms with van der Waals surface area (Å²) in [6, 6.07) is 52.3. The molecule has 0 bridgehead atoms. The van der Waals surface area contributed by atoms with Gasteiger partial charge in [0.15, 0.2) is 0 Å². The third-order valence-electron chi connectivity index (χ3n) is 8.28. The molecule has 0 saturated heterocycles. The Balaban J connectivity index is 1.41. The van der Waals surface area contributed by atoms with Crippen LogP contribution in [0.25, 0.3) is 44.5 Å². The van der Waals surface area contributed by atoms with E-state index in [1.807, 2.05) is 0 Å². The maximum absolute atomic E-state index is 3.92. The number of anilines is 2. The van der Waals surface area contributed by atoms with Gasteiger partial charge in [-0.1, -0.05) is 141 Å². The van der Waals surface area contributed by atoms with Crippen LogP contribution in [0.4, 0.5) is 11.4 Å². The molecular formula is C39H31N. The van der Waals surface area contributed by atoms with Crippen molar-refractivity contribution in [2.45, 2.75) is 19.3 Å². The second-order valence-electron chi connectivity index (χ2n) is 11.1. The van der Waals surface area contributed by atoms with Crippen molar-refractivity contribution in [3.05, 3.63) is 157 Å². The van der Waals surface area contributed by atoms with Gasteiger partial charge in [0.1, 0.15) is 0 Å². The highest BCUT2D eigenvalue weighted by atomic mass is 14.9. The maximum atomic E-state index is 3.92. The molecule has 1 nitrogen and oxygen atoms in total. The largest absolute Gasteiger partial charge is 0.355 e. The number of rotatable bonds is 5. The SMILES string of the molecule is CC1(C)c2ccccc2-c2cccc(Nc3ccc(-c4ccccc4)cc3-c3ccccc3-c3ccccc3)c21. The molecule has 0 fully saturated rings. The summed E-state index contributed by atoms with van der Waals surface area (Å²) < 4.78 is 0. The second kappa shape index (κ2) is 9.70. The minimum absolute atomic E-state index is 0.0956. The van der Waals surface area contributed by atoms with Gasteiger partial charge in [-0.15, -0.1) is 0 Å². The topological polar surface area (TPSA) is 12.0 Å². The van der Waals surface area contributed by atoms with Crippen LogP contribution in [0.3, 0.4) is 0 Å². The molecule has 192 valence electrons. The van der Waals surface area contributed by atoms with Crippen LogP contribution in [-0.4, -0.2) is 0 Å². The first kappa shape index (κ1) is 24.2. The summed E-state index contributed by atoms with van der Waals surface area (Å²) in [4.78, 5) is 0. The quantitative estimate of drug-likeness (QED) is 0.242. The molecule has 0 spiro atoms. The molecule has 1 N–H and O–H groups in total. The fourth-order valence-electron chi connectivity index (χ4n) is 6.37. The number of benzene rings is 6. The van der Waals surface area contributed by atoms with Crippen LogP contribution < -0.4 is 5.32 Å². The Labute approximate surface area is 236 Å². The summed E-state index contributed by atoms with van der Waals surface area (Å²) in [6.07, 6.45) is 0. The first-order chi connectivity index (χ1) is 19.6. The van der Waals surface area contributed by atoms with E-state index < -0.39 is 0 Å². The summed E-state index contributed by atoms with van der Waals surface area (Å²) in [7, 11) is 0. The van der Waals surface area contributed by atoms with Gasteiger partial charge in [0.05, 0.1) is 0 Å². The van der Waals surface area contributed by atoms with Crippen molar-refractivity contribution in [1.29, 1.82) is 0 Å². The van der Waals surface area contributed by atoms with Crippen LogP contribution in [-0.2, 0) is 5.41 Å². The minimum Gasteiger partial charge on any atom is -0.355 e. The van der Waals surface area contributed by atoms with Crippen molar-refractivity contribution in [1.82, 2.24) is 0 Å². The molecule has 40 heavy (non-hydrogen) atoms. The van der Waals surface area contributed by atoms with Crippen LogP contribution in [0, 0.1) is 0 Å². The zero-order chi connectivity index (χ0) is 27.1. The third-order valence-corrected chi connectivity index (χ3v) is 8.28. The standard InChI is InChI=1S/C39H31N/c1-39(2)35-22-12-11-20-32(35)33-21-13-23-37(38(33)39)40-36-25-24-29(27-14-5-3-6-15-27)26-34(36)31-19-10-9-18-30(31)28-16-7-4-8-17-28/h3-26,40H,1-2H3. The predicted molar refractivity (Wildman–Crippen MR) is 170 cm³/mol. The molecule has 0 radical (unpaired) electrons. The molecule has 7 rings (SSSR count). The fourth-order valence-corrected chi connectivity index (χ4v) is 6.37. The van der Waals surface area contributed by atoms with Crippen LogP contribution in [0.5, 0.6) is 0 Å². The molecule has 0 atom stereocenters. The van der Waals surface area contributed by atoms with Gasteiger partial charge in [0, 0.05) is 22.4 Å². The number of hydrogen-bond donors (Lipinski definition) is 1. The molecule has 6 aromatic carbocycles. The third kappa shape index (κ3) is 4.03. The monoisotopic (exact) mass is 513 g/mol. The van der Waals surface area contributed by atoms with E-state index in [4.69, 9.17) is 0 Å². The number of fused-ring (bicyclic) bond motifs is 3. The van der Waals surface area contributed by atoms with E-state index >= 15 is 0 Å². The predicted octanol–water partition coefficient (Wildman–Crippen LogP) is 10.7. The first-order valence-electron chi connectivity index (χ1n) is 14.0. The normalized spacial score (nSPS) is 12.9. The highest BCUT2D eigenvalue weighted by Gasteiger charge is 2.37. The molecule has 1 aliphatic carbocycles. The summed E-state index contributed by atoms with van der Waals surface area (Å²) in [5.74, 6) is 0. The van der Waals surface area contributed by atoms with E-state index in [1.165, 1.54) is 55.6 Å². The van der Waals surface area contributed by atoms with E-state index in [-0.39, 0.29) is 5.41 Å². The van der Waals surface area contributed by atoms with Gasteiger partial charge in [-0.2, -0.15) is 0 Å². The molecule has 6 aromatic rings. The van der Waals surface area contributed by atoms with E-state index in [1.54, 1.807) is 0 Å². The lowest BCUT2D eigenvalue weighted by Crippen LogP contribution is -2.16. The lowest BCUT2D eigenvalue weighted by Gasteiger charge is -2.25. The van der Waals surface area contributed by atoms with Gasteiger partial charge in [-0.05, 0) is 68.3 Å². The van der Waals surface area contributed by atoms with E-state index in [0.717, 1.165) is 11.4 Å².